The van der Waals surface area contributed by atoms with Crippen LogP contribution in [0.1, 0.15) is 13.0 Å². The summed E-state index contributed by atoms with van der Waals surface area (Å²) in [6.45, 7) is 1.97. The van der Waals surface area contributed by atoms with Gasteiger partial charge in [0.15, 0.2) is 0 Å². The number of nitrogens with zero attached hydrogens (tertiary/aromatic N) is 3. The van der Waals surface area contributed by atoms with Crippen molar-refractivity contribution in [1.29, 1.82) is 0 Å². The largest absolute Gasteiger partial charge is 0.394 e. The molecule has 50 valence electrons. The standard InChI is InChI=1S/C5H9N3O/c1-5(2-9)8-4-6-3-7-8/h3-5,9H,2H2,1H3/t5-/m1/s1. The summed E-state index contributed by atoms with van der Waals surface area (Å²) in [6, 6.07) is 0.0347. The molecular formula is C5H9N3O. The molecule has 0 radical (unpaired) electrons. The van der Waals surface area contributed by atoms with Crippen LogP contribution in [0.4, 0.5) is 0 Å². The van der Waals surface area contributed by atoms with E-state index >= 15 is 0 Å². The summed E-state index contributed by atoms with van der Waals surface area (Å²) in [7, 11) is 0. The zero-order valence-electron chi connectivity index (χ0n) is 5.23. The number of hydrogen-bond acceptors (Lipinski definition) is 3. The molecule has 0 unspecified atom stereocenters. The molecule has 1 atom stereocenters. The normalized spacial score (nSPS) is 13.6. The maximum atomic E-state index is 8.62. The molecule has 1 N–H and O–H groups in total. The first kappa shape index (κ1) is 6.22. The van der Waals surface area contributed by atoms with Crippen molar-refractivity contribution in [2.24, 2.45) is 0 Å². The monoisotopic (exact) mass is 127 g/mol. The summed E-state index contributed by atoms with van der Waals surface area (Å²) in [4.78, 5) is 3.73. The van der Waals surface area contributed by atoms with Gasteiger partial charge in [0.25, 0.3) is 0 Å². The molecule has 0 aromatic carbocycles. The molecule has 1 aromatic heterocycles. The number of hydrogen-bond donors (Lipinski definition) is 1. The Morgan fingerprint density at radius 2 is 2.56 bits per heavy atom. The van der Waals surface area contributed by atoms with Gasteiger partial charge in [-0.1, -0.05) is 0 Å². The van der Waals surface area contributed by atoms with Crippen LogP contribution in [0.5, 0.6) is 0 Å². The van der Waals surface area contributed by atoms with Gasteiger partial charge in [0, 0.05) is 0 Å². The van der Waals surface area contributed by atoms with Gasteiger partial charge < -0.3 is 5.11 Å². The molecule has 1 heterocycles. The first-order valence-corrected chi connectivity index (χ1v) is 2.79. The molecular weight excluding hydrogens is 118 g/mol. The third kappa shape index (κ3) is 1.26. The second-order valence-electron chi connectivity index (χ2n) is 1.91. The molecule has 9 heavy (non-hydrogen) atoms. The fourth-order valence-corrected chi connectivity index (χ4v) is 0.529. The van der Waals surface area contributed by atoms with Crippen molar-refractivity contribution in [1.82, 2.24) is 14.8 Å². The van der Waals surface area contributed by atoms with Crippen molar-refractivity contribution in [2.45, 2.75) is 13.0 Å². The lowest BCUT2D eigenvalue weighted by Gasteiger charge is -2.04. The Morgan fingerprint density at radius 1 is 1.78 bits per heavy atom. The van der Waals surface area contributed by atoms with Gasteiger partial charge in [-0.3, -0.25) is 0 Å². The van der Waals surface area contributed by atoms with Crippen LogP contribution in [0.2, 0.25) is 0 Å². The third-order valence-corrected chi connectivity index (χ3v) is 1.15. The third-order valence-electron chi connectivity index (χ3n) is 1.15. The lowest BCUT2D eigenvalue weighted by atomic mass is 10.4. The zero-order valence-corrected chi connectivity index (χ0v) is 5.23. The lowest BCUT2D eigenvalue weighted by Crippen LogP contribution is -2.09. The zero-order chi connectivity index (χ0) is 6.69. The van der Waals surface area contributed by atoms with Gasteiger partial charge in [0.1, 0.15) is 12.7 Å². The number of aromatic nitrogens is 3. The minimum Gasteiger partial charge on any atom is -0.394 e. The van der Waals surface area contributed by atoms with Gasteiger partial charge in [-0.25, -0.2) is 9.67 Å². The van der Waals surface area contributed by atoms with Crippen LogP contribution < -0.4 is 0 Å². The van der Waals surface area contributed by atoms with Gasteiger partial charge in [0.05, 0.1) is 12.6 Å². The van der Waals surface area contributed by atoms with Crippen molar-refractivity contribution in [3.05, 3.63) is 12.7 Å². The second-order valence-corrected chi connectivity index (χ2v) is 1.91. The van der Waals surface area contributed by atoms with Crippen LogP contribution in [-0.4, -0.2) is 26.5 Å². The van der Waals surface area contributed by atoms with Crippen molar-refractivity contribution in [3.8, 4) is 0 Å². The molecule has 0 aliphatic heterocycles. The quantitative estimate of drug-likeness (QED) is 0.600. The van der Waals surface area contributed by atoms with Crippen molar-refractivity contribution in [3.63, 3.8) is 0 Å². The highest BCUT2D eigenvalue weighted by molar-refractivity contribution is 4.62. The second kappa shape index (κ2) is 2.59. The molecule has 0 saturated carbocycles. The van der Waals surface area contributed by atoms with Crippen LogP contribution >= 0.6 is 0 Å². The highest BCUT2D eigenvalue weighted by atomic mass is 16.3. The SMILES string of the molecule is C[C@H](CO)n1cncn1. The van der Waals surface area contributed by atoms with E-state index in [1.807, 2.05) is 6.92 Å². The van der Waals surface area contributed by atoms with Crippen LogP contribution in [-0.2, 0) is 0 Å². The molecule has 0 aliphatic rings. The molecule has 0 aliphatic carbocycles. The lowest BCUT2D eigenvalue weighted by molar-refractivity contribution is 0.229. The topological polar surface area (TPSA) is 50.9 Å². The van der Waals surface area contributed by atoms with Crippen LogP contribution in [0, 0.1) is 0 Å². The smallest absolute Gasteiger partial charge is 0.137 e. The number of rotatable bonds is 2. The number of aliphatic hydroxyl groups excluding tert-OH is 1. The highest BCUT2D eigenvalue weighted by Crippen LogP contribution is 1.97. The number of aliphatic hydroxyl groups is 1. The first-order chi connectivity index (χ1) is 4.34. The van der Waals surface area contributed by atoms with E-state index in [0.717, 1.165) is 0 Å². The first-order valence-electron chi connectivity index (χ1n) is 2.79. The molecule has 0 spiro atoms. The Morgan fingerprint density at radius 3 is 3.00 bits per heavy atom. The maximum absolute atomic E-state index is 8.62. The summed E-state index contributed by atoms with van der Waals surface area (Å²) in [6.07, 6.45) is 3.03. The molecule has 0 saturated heterocycles. The Bertz CT molecular complexity index is 161. The highest BCUT2D eigenvalue weighted by Gasteiger charge is 1.99. The van der Waals surface area contributed by atoms with E-state index in [0.29, 0.717) is 0 Å². The predicted molar refractivity (Wildman–Crippen MR) is 31.8 cm³/mol. The van der Waals surface area contributed by atoms with Crippen molar-refractivity contribution in [2.75, 3.05) is 6.61 Å². The van der Waals surface area contributed by atoms with E-state index in [-0.39, 0.29) is 12.6 Å². The van der Waals surface area contributed by atoms with E-state index in [1.54, 1.807) is 11.0 Å². The predicted octanol–water partition coefficient (Wildman–Crippen LogP) is -0.169. The summed E-state index contributed by atoms with van der Waals surface area (Å²) in [5.74, 6) is 0. The summed E-state index contributed by atoms with van der Waals surface area (Å²) >= 11 is 0. The van der Waals surface area contributed by atoms with Gasteiger partial charge in [-0.2, -0.15) is 5.10 Å². The average molecular weight is 127 g/mol. The minimum absolute atomic E-state index is 0.0347. The molecule has 4 heteroatoms. The van der Waals surface area contributed by atoms with Gasteiger partial charge in [-0.05, 0) is 6.92 Å². The summed E-state index contributed by atoms with van der Waals surface area (Å²) < 4.78 is 1.61. The fourth-order valence-electron chi connectivity index (χ4n) is 0.529. The van der Waals surface area contributed by atoms with E-state index in [9.17, 15) is 0 Å². The molecule has 0 fully saturated rings. The van der Waals surface area contributed by atoms with Crippen LogP contribution in [0.25, 0.3) is 0 Å². The van der Waals surface area contributed by atoms with Gasteiger partial charge in [-0.15, -0.1) is 0 Å². The van der Waals surface area contributed by atoms with Crippen LogP contribution in [0.3, 0.4) is 0 Å². The Balaban J connectivity index is 2.65. The maximum Gasteiger partial charge on any atom is 0.137 e. The molecule has 1 rings (SSSR count). The molecule has 0 amide bonds. The molecule has 0 bridgehead atoms. The van der Waals surface area contributed by atoms with E-state index in [1.165, 1.54) is 6.33 Å². The minimum atomic E-state index is 0.0347. The Kier molecular flexibility index (Phi) is 1.79. The van der Waals surface area contributed by atoms with E-state index < -0.39 is 0 Å². The van der Waals surface area contributed by atoms with Crippen LogP contribution in [0.15, 0.2) is 12.7 Å². The summed E-state index contributed by atoms with van der Waals surface area (Å²) in [5, 5.41) is 12.5. The van der Waals surface area contributed by atoms with Gasteiger partial charge >= 0.3 is 0 Å². The van der Waals surface area contributed by atoms with Crippen molar-refractivity contribution < 1.29 is 5.11 Å². The van der Waals surface area contributed by atoms with E-state index in [4.69, 9.17) is 5.11 Å². The Labute approximate surface area is 53.1 Å². The van der Waals surface area contributed by atoms with Gasteiger partial charge in [0.2, 0.25) is 0 Å². The summed E-state index contributed by atoms with van der Waals surface area (Å²) in [5.41, 5.74) is 0. The molecule has 1 aromatic rings. The Hall–Kier alpha value is -0.900. The molecule has 4 nitrogen and oxygen atoms in total. The van der Waals surface area contributed by atoms with Crippen molar-refractivity contribution >= 4 is 0 Å². The van der Waals surface area contributed by atoms with E-state index in [2.05, 4.69) is 10.1 Å². The fraction of sp³-hybridized carbons (Fsp3) is 0.600. The average Bonchev–Trinajstić information content (AvgIpc) is 2.37.